The number of nitriles is 1. The molecule has 0 bridgehead atoms. The maximum Gasteiger partial charge on any atom is 0.213 e. The van der Waals surface area contributed by atoms with Gasteiger partial charge >= 0.3 is 0 Å². The van der Waals surface area contributed by atoms with Gasteiger partial charge in [0.15, 0.2) is 8.32 Å². The zero-order chi connectivity index (χ0) is 19.9. The number of hydrogen-bond acceptors (Lipinski definition) is 3. The van der Waals surface area contributed by atoms with Gasteiger partial charge in [-0.05, 0) is 67.6 Å². The van der Waals surface area contributed by atoms with Gasteiger partial charge in [0.1, 0.15) is 12.0 Å². The first-order chi connectivity index (χ1) is 12.7. The largest absolute Gasteiger partial charge is 0.494 e. The molecule has 0 amide bonds. The molecule has 0 aliphatic heterocycles. The van der Waals surface area contributed by atoms with Crippen LogP contribution in [0.15, 0.2) is 48.5 Å². The molecule has 0 saturated carbocycles. The van der Waals surface area contributed by atoms with Gasteiger partial charge in [-0.15, -0.1) is 0 Å². The van der Waals surface area contributed by atoms with Crippen molar-refractivity contribution in [2.45, 2.75) is 52.0 Å². The first-order valence-electron chi connectivity index (χ1n) is 9.68. The number of nitrogens with zero attached hydrogens (tertiary/aromatic N) is 1. The Labute approximate surface area is 166 Å². The first kappa shape index (κ1) is 21.4. The van der Waals surface area contributed by atoms with Crippen molar-refractivity contribution in [3.05, 3.63) is 54.1 Å². The fourth-order valence-corrected chi connectivity index (χ4v) is 11.5. The van der Waals surface area contributed by atoms with Gasteiger partial charge in [-0.3, -0.25) is 0 Å². The first-order valence-corrected chi connectivity index (χ1v) is 15.9. The number of unbranched alkanes of at least 4 members (excludes halogenated alkanes) is 1. The van der Waals surface area contributed by atoms with Gasteiger partial charge in [0, 0.05) is 0 Å². The third kappa shape index (κ3) is 6.98. The second-order valence-electron chi connectivity index (χ2n) is 8.23. The van der Waals surface area contributed by atoms with Crippen LogP contribution in [0.3, 0.4) is 0 Å². The SMILES string of the molecule is CCCC[Si](C)(C)O[Si](C)(C)COc1ccc(-c2ccc(C#N)cc2)cc1. The van der Waals surface area contributed by atoms with Crippen LogP contribution in [0.4, 0.5) is 0 Å². The molecule has 3 nitrogen and oxygen atoms in total. The third-order valence-corrected chi connectivity index (χ3v) is 11.3. The highest BCUT2D eigenvalue weighted by molar-refractivity contribution is 6.84. The molecular formula is C22H31NO2Si2. The molecule has 5 heteroatoms. The quantitative estimate of drug-likeness (QED) is 0.462. The van der Waals surface area contributed by atoms with E-state index in [1.165, 1.54) is 18.9 Å². The molecule has 27 heavy (non-hydrogen) atoms. The lowest BCUT2D eigenvalue weighted by Gasteiger charge is -2.33. The number of benzene rings is 2. The van der Waals surface area contributed by atoms with Gasteiger partial charge in [0.25, 0.3) is 0 Å². The summed E-state index contributed by atoms with van der Waals surface area (Å²) in [5, 5.41) is 8.90. The van der Waals surface area contributed by atoms with Crippen molar-refractivity contribution in [3.8, 4) is 22.9 Å². The Bertz CT molecular complexity index is 762. The van der Waals surface area contributed by atoms with Crippen molar-refractivity contribution in [3.63, 3.8) is 0 Å². The summed E-state index contributed by atoms with van der Waals surface area (Å²) in [5.74, 6) is 0.879. The molecule has 0 N–H and O–H groups in total. The molecular weight excluding hydrogens is 366 g/mol. The lowest BCUT2D eigenvalue weighted by atomic mass is 10.0. The Morgan fingerprint density at radius 3 is 1.93 bits per heavy atom. The van der Waals surface area contributed by atoms with Crippen molar-refractivity contribution in [2.75, 3.05) is 6.23 Å². The zero-order valence-corrected chi connectivity index (χ0v) is 19.2. The molecule has 0 aliphatic rings. The average Bonchev–Trinajstić information content (AvgIpc) is 2.64. The second-order valence-corrected chi connectivity index (χ2v) is 16.9. The normalized spacial score (nSPS) is 11.9. The standard InChI is InChI=1S/C22H31NO2Si2/c1-6-7-16-26(2,3)25-27(4,5)18-24-22-14-12-21(13-15-22)20-10-8-19(17-23)9-11-20/h8-15H,6-7,16,18H2,1-5H3. The van der Waals surface area contributed by atoms with Crippen molar-refractivity contribution in [2.24, 2.45) is 0 Å². The van der Waals surface area contributed by atoms with Gasteiger partial charge in [-0.2, -0.15) is 5.26 Å². The summed E-state index contributed by atoms with van der Waals surface area (Å²) in [4.78, 5) is 0. The van der Waals surface area contributed by atoms with E-state index in [1.807, 2.05) is 36.4 Å². The fraction of sp³-hybridized carbons (Fsp3) is 0.409. The summed E-state index contributed by atoms with van der Waals surface area (Å²) >= 11 is 0. The van der Waals surface area contributed by atoms with Crippen molar-refractivity contribution in [1.82, 2.24) is 0 Å². The highest BCUT2D eigenvalue weighted by Crippen LogP contribution is 2.25. The van der Waals surface area contributed by atoms with Gasteiger partial charge in [-0.1, -0.05) is 44.0 Å². The summed E-state index contributed by atoms with van der Waals surface area (Å²) in [5.41, 5.74) is 2.89. The van der Waals surface area contributed by atoms with E-state index in [2.05, 4.69) is 51.3 Å². The van der Waals surface area contributed by atoms with Crippen LogP contribution in [-0.4, -0.2) is 22.9 Å². The monoisotopic (exact) mass is 397 g/mol. The number of hydrogen-bond donors (Lipinski definition) is 0. The van der Waals surface area contributed by atoms with E-state index >= 15 is 0 Å². The van der Waals surface area contributed by atoms with E-state index in [0.29, 0.717) is 11.8 Å². The predicted octanol–water partition coefficient (Wildman–Crippen LogP) is 6.37. The Morgan fingerprint density at radius 2 is 1.41 bits per heavy atom. The zero-order valence-electron chi connectivity index (χ0n) is 17.2. The molecule has 0 saturated heterocycles. The highest BCUT2D eigenvalue weighted by Gasteiger charge is 2.33. The van der Waals surface area contributed by atoms with Crippen LogP contribution >= 0.6 is 0 Å². The smallest absolute Gasteiger partial charge is 0.213 e. The minimum atomic E-state index is -1.85. The summed E-state index contributed by atoms with van der Waals surface area (Å²) in [6, 6.07) is 19.1. The van der Waals surface area contributed by atoms with Gasteiger partial charge in [0.2, 0.25) is 8.32 Å². The van der Waals surface area contributed by atoms with Crippen molar-refractivity contribution in [1.29, 1.82) is 5.26 Å². The Kier molecular flexibility index (Phi) is 7.43. The average molecular weight is 398 g/mol. The topological polar surface area (TPSA) is 42.2 Å². The maximum absolute atomic E-state index is 8.90. The van der Waals surface area contributed by atoms with Crippen molar-refractivity contribution >= 4 is 16.6 Å². The molecule has 0 fully saturated rings. The minimum Gasteiger partial charge on any atom is -0.494 e. The second kappa shape index (κ2) is 9.36. The Balaban J connectivity index is 1.94. The molecule has 0 spiro atoms. The molecule has 0 heterocycles. The lowest BCUT2D eigenvalue weighted by molar-refractivity contribution is 0.351. The molecule has 2 aromatic rings. The van der Waals surface area contributed by atoms with Crippen LogP contribution in [-0.2, 0) is 4.12 Å². The summed E-state index contributed by atoms with van der Waals surface area (Å²) in [6.45, 7) is 11.4. The molecule has 0 aliphatic carbocycles. The Morgan fingerprint density at radius 1 is 0.852 bits per heavy atom. The van der Waals surface area contributed by atoms with E-state index in [-0.39, 0.29) is 0 Å². The minimum absolute atomic E-state index is 0.672. The van der Waals surface area contributed by atoms with Crippen LogP contribution in [0, 0.1) is 11.3 Å². The molecule has 2 aromatic carbocycles. The van der Waals surface area contributed by atoms with Crippen LogP contribution in [0.25, 0.3) is 11.1 Å². The van der Waals surface area contributed by atoms with Crippen LogP contribution in [0.1, 0.15) is 25.3 Å². The number of ether oxygens (including phenoxy) is 1. The highest BCUT2D eigenvalue weighted by atomic mass is 28.4. The maximum atomic E-state index is 8.90. The molecule has 0 radical (unpaired) electrons. The Hall–Kier alpha value is -1.88. The van der Waals surface area contributed by atoms with Crippen molar-refractivity contribution < 1.29 is 8.85 Å². The van der Waals surface area contributed by atoms with E-state index in [9.17, 15) is 0 Å². The molecule has 2 rings (SSSR count). The third-order valence-electron chi connectivity index (χ3n) is 4.47. The van der Waals surface area contributed by atoms with Gasteiger partial charge in [0.05, 0.1) is 11.6 Å². The summed E-state index contributed by atoms with van der Waals surface area (Å²) < 4.78 is 12.7. The van der Waals surface area contributed by atoms with E-state index < -0.39 is 16.6 Å². The molecule has 0 atom stereocenters. The van der Waals surface area contributed by atoms with Gasteiger partial charge in [-0.25, -0.2) is 0 Å². The van der Waals surface area contributed by atoms with Crippen LogP contribution in [0.2, 0.25) is 32.2 Å². The summed E-state index contributed by atoms with van der Waals surface area (Å²) in [7, 11) is -3.45. The van der Waals surface area contributed by atoms with Gasteiger partial charge < -0.3 is 8.85 Å². The van der Waals surface area contributed by atoms with E-state index in [1.54, 1.807) is 0 Å². The van der Waals surface area contributed by atoms with E-state index in [0.717, 1.165) is 16.9 Å². The van der Waals surface area contributed by atoms with E-state index in [4.69, 9.17) is 14.1 Å². The molecule has 0 aromatic heterocycles. The molecule has 144 valence electrons. The number of rotatable bonds is 9. The summed E-state index contributed by atoms with van der Waals surface area (Å²) in [6.07, 6.45) is 3.15. The van der Waals surface area contributed by atoms with Crippen LogP contribution < -0.4 is 4.74 Å². The molecule has 0 unspecified atom stereocenters. The lowest BCUT2D eigenvalue weighted by Crippen LogP contribution is -2.48. The fourth-order valence-electron chi connectivity index (χ4n) is 3.17. The van der Waals surface area contributed by atoms with Crippen LogP contribution in [0.5, 0.6) is 5.75 Å². The predicted molar refractivity (Wildman–Crippen MR) is 118 cm³/mol.